The Kier molecular flexibility index (Phi) is 6.20. The monoisotopic (exact) mass is 459 g/mol. The lowest BCUT2D eigenvalue weighted by Gasteiger charge is -2.19. The smallest absolute Gasteiger partial charge is 0.290 e. The standard InChI is InChI=1S/C18H11ClF5N5O2/c1-2-28(9-7-29(27-16(9)19)8-4-3-5-25-6-8)18(31)26-17(30)10-11(20)13(22)15(24)14(23)12(10)21/h3-7H,2H2,1H3,(H,26,30,31). The molecule has 3 aromatic rings. The molecule has 3 amide bonds. The topological polar surface area (TPSA) is 80.1 Å². The molecule has 0 atom stereocenters. The summed E-state index contributed by atoms with van der Waals surface area (Å²) in [6.45, 7) is 1.40. The average molecular weight is 460 g/mol. The molecule has 0 unspecified atom stereocenters. The van der Waals surface area contributed by atoms with E-state index in [9.17, 15) is 31.5 Å². The lowest BCUT2D eigenvalue weighted by Crippen LogP contribution is -2.43. The van der Waals surface area contributed by atoms with Gasteiger partial charge >= 0.3 is 6.03 Å². The second kappa shape index (κ2) is 8.68. The van der Waals surface area contributed by atoms with Crippen LogP contribution in [0.25, 0.3) is 5.69 Å². The number of nitrogens with zero attached hydrogens (tertiary/aromatic N) is 4. The molecule has 0 bridgehead atoms. The van der Waals surface area contributed by atoms with Crippen LogP contribution < -0.4 is 10.2 Å². The minimum absolute atomic E-state index is 0.00994. The van der Waals surface area contributed by atoms with E-state index < -0.39 is 46.6 Å². The molecular weight excluding hydrogens is 449 g/mol. The summed E-state index contributed by atoms with van der Waals surface area (Å²) in [5, 5.41) is 5.42. The molecule has 31 heavy (non-hydrogen) atoms. The van der Waals surface area contributed by atoms with Gasteiger partial charge in [-0.1, -0.05) is 11.6 Å². The van der Waals surface area contributed by atoms with Gasteiger partial charge in [-0.15, -0.1) is 0 Å². The van der Waals surface area contributed by atoms with Crippen molar-refractivity contribution in [2.24, 2.45) is 0 Å². The number of amides is 3. The van der Waals surface area contributed by atoms with Crippen molar-refractivity contribution in [3.63, 3.8) is 0 Å². The molecule has 2 heterocycles. The molecule has 0 aliphatic rings. The Balaban J connectivity index is 1.90. The lowest BCUT2D eigenvalue weighted by molar-refractivity contribution is 0.0954. The molecule has 0 aliphatic heterocycles. The van der Waals surface area contributed by atoms with E-state index in [1.165, 1.54) is 30.2 Å². The fourth-order valence-corrected chi connectivity index (χ4v) is 2.83. The molecule has 1 aromatic carbocycles. The van der Waals surface area contributed by atoms with Crippen molar-refractivity contribution in [1.29, 1.82) is 0 Å². The molecular formula is C18H11ClF5N5O2. The van der Waals surface area contributed by atoms with Crippen LogP contribution in [-0.4, -0.2) is 33.2 Å². The zero-order valence-electron chi connectivity index (χ0n) is 15.5. The van der Waals surface area contributed by atoms with Crippen LogP contribution in [0.1, 0.15) is 17.3 Å². The summed E-state index contributed by atoms with van der Waals surface area (Å²) in [6, 6.07) is 2.03. The van der Waals surface area contributed by atoms with Gasteiger partial charge in [0.05, 0.1) is 18.1 Å². The summed E-state index contributed by atoms with van der Waals surface area (Å²) in [7, 11) is 0. The minimum atomic E-state index is -2.43. The highest BCUT2D eigenvalue weighted by molar-refractivity contribution is 6.32. The van der Waals surface area contributed by atoms with Crippen LogP contribution in [0.3, 0.4) is 0 Å². The molecule has 0 spiro atoms. The maximum absolute atomic E-state index is 13.8. The Morgan fingerprint density at radius 2 is 1.71 bits per heavy atom. The zero-order chi connectivity index (χ0) is 22.9. The fourth-order valence-electron chi connectivity index (χ4n) is 2.60. The zero-order valence-corrected chi connectivity index (χ0v) is 16.2. The van der Waals surface area contributed by atoms with Crippen LogP contribution in [0, 0.1) is 29.1 Å². The van der Waals surface area contributed by atoms with Crippen LogP contribution in [-0.2, 0) is 0 Å². The first-order valence-electron chi connectivity index (χ1n) is 8.47. The van der Waals surface area contributed by atoms with E-state index in [0.29, 0.717) is 5.69 Å². The molecule has 3 rings (SSSR count). The number of anilines is 1. The second-order valence-electron chi connectivity index (χ2n) is 5.91. The van der Waals surface area contributed by atoms with Gasteiger partial charge in [0.25, 0.3) is 5.91 Å². The molecule has 2 aromatic heterocycles. The largest absolute Gasteiger partial charge is 0.328 e. The second-order valence-corrected chi connectivity index (χ2v) is 6.27. The number of carbonyl (C=O) groups is 2. The first kappa shape index (κ1) is 22.2. The van der Waals surface area contributed by atoms with Crippen molar-refractivity contribution in [3.8, 4) is 5.69 Å². The van der Waals surface area contributed by atoms with Gasteiger partial charge in [0.15, 0.2) is 28.4 Å². The van der Waals surface area contributed by atoms with Gasteiger partial charge in [-0.25, -0.2) is 31.4 Å². The first-order chi connectivity index (χ1) is 14.7. The summed E-state index contributed by atoms with van der Waals surface area (Å²) >= 11 is 6.06. The highest BCUT2D eigenvalue weighted by Crippen LogP contribution is 2.27. The van der Waals surface area contributed by atoms with E-state index in [4.69, 9.17) is 11.6 Å². The normalized spacial score (nSPS) is 10.8. The fraction of sp³-hybridized carbons (Fsp3) is 0.111. The van der Waals surface area contributed by atoms with E-state index in [0.717, 1.165) is 4.90 Å². The maximum atomic E-state index is 13.8. The van der Waals surface area contributed by atoms with E-state index in [-0.39, 0.29) is 17.4 Å². The molecule has 0 aliphatic carbocycles. The number of hydrogen-bond acceptors (Lipinski definition) is 4. The van der Waals surface area contributed by atoms with Gasteiger partial charge < -0.3 is 0 Å². The van der Waals surface area contributed by atoms with Crippen molar-refractivity contribution < 1.29 is 31.5 Å². The third-order valence-corrected chi connectivity index (χ3v) is 4.34. The van der Waals surface area contributed by atoms with E-state index in [1.54, 1.807) is 17.4 Å². The Labute approximate surface area is 176 Å². The van der Waals surface area contributed by atoms with Crippen molar-refractivity contribution in [1.82, 2.24) is 20.1 Å². The summed E-state index contributed by atoms with van der Waals surface area (Å²) in [5.74, 6) is -13.6. The van der Waals surface area contributed by atoms with Gasteiger partial charge in [-0.2, -0.15) is 5.10 Å². The maximum Gasteiger partial charge on any atom is 0.328 e. The van der Waals surface area contributed by atoms with Crippen LogP contribution >= 0.6 is 11.6 Å². The number of imide groups is 1. The number of nitrogens with one attached hydrogen (secondary N) is 1. The molecule has 0 radical (unpaired) electrons. The number of benzene rings is 1. The lowest BCUT2D eigenvalue weighted by atomic mass is 10.1. The molecule has 0 saturated heterocycles. The first-order valence-corrected chi connectivity index (χ1v) is 8.85. The Hall–Kier alpha value is -3.54. The third-order valence-electron chi connectivity index (χ3n) is 4.07. The summed E-state index contributed by atoms with van der Waals surface area (Å²) < 4.78 is 68.7. The average Bonchev–Trinajstić information content (AvgIpc) is 3.13. The van der Waals surface area contributed by atoms with Gasteiger partial charge in [-0.3, -0.25) is 20.0 Å². The molecule has 1 N–H and O–H groups in total. The number of aromatic nitrogens is 3. The SMILES string of the molecule is CCN(C(=O)NC(=O)c1c(F)c(F)c(F)c(F)c1F)c1cn(-c2cccnc2)nc1Cl. The molecule has 7 nitrogen and oxygen atoms in total. The van der Waals surface area contributed by atoms with Crippen molar-refractivity contribution in [2.75, 3.05) is 11.4 Å². The van der Waals surface area contributed by atoms with Gasteiger partial charge in [0.1, 0.15) is 11.3 Å². The number of halogens is 6. The number of urea groups is 1. The summed E-state index contributed by atoms with van der Waals surface area (Å²) in [5.41, 5.74) is -1.29. The van der Waals surface area contributed by atoms with E-state index in [2.05, 4.69) is 10.1 Å². The number of carbonyl (C=O) groups excluding carboxylic acids is 2. The van der Waals surface area contributed by atoms with Crippen LogP contribution in [0.4, 0.5) is 32.4 Å². The predicted molar refractivity (Wildman–Crippen MR) is 98.5 cm³/mol. The predicted octanol–water partition coefficient (Wildman–Crippen LogP) is 3.99. The molecule has 13 heteroatoms. The van der Waals surface area contributed by atoms with Crippen molar-refractivity contribution >= 4 is 29.2 Å². The van der Waals surface area contributed by atoms with Crippen molar-refractivity contribution in [3.05, 3.63) is 70.5 Å². The minimum Gasteiger partial charge on any atom is -0.290 e. The van der Waals surface area contributed by atoms with Crippen LogP contribution in [0.2, 0.25) is 5.15 Å². The van der Waals surface area contributed by atoms with E-state index >= 15 is 0 Å². The van der Waals surface area contributed by atoms with Crippen LogP contribution in [0.5, 0.6) is 0 Å². The Morgan fingerprint density at radius 1 is 1.10 bits per heavy atom. The van der Waals surface area contributed by atoms with Crippen molar-refractivity contribution in [2.45, 2.75) is 6.92 Å². The molecule has 162 valence electrons. The Bertz CT molecular complexity index is 1140. The molecule has 0 saturated carbocycles. The number of hydrogen-bond donors (Lipinski definition) is 1. The van der Waals surface area contributed by atoms with Gasteiger partial charge in [0, 0.05) is 12.7 Å². The molecule has 0 fully saturated rings. The van der Waals surface area contributed by atoms with Gasteiger partial charge in [0.2, 0.25) is 5.82 Å². The number of pyridine rings is 1. The van der Waals surface area contributed by atoms with Gasteiger partial charge in [-0.05, 0) is 19.1 Å². The quantitative estimate of drug-likeness (QED) is 0.363. The Morgan fingerprint density at radius 3 is 2.26 bits per heavy atom. The highest BCUT2D eigenvalue weighted by Gasteiger charge is 2.31. The van der Waals surface area contributed by atoms with Crippen LogP contribution in [0.15, 0.2) is 30.7 Å². The third kappa shape index (κ3) is 4.06. The summed E-state index contributed by atoms with van der Waals surface area (Å²) in [6.07, 6.45) is 4.30. The highest BCUT2D eigenvalue weighted by atomic mass is 35.5. The summed E-state index contributed by atoms with van der Waals surface area (Å²) in [4.78, 5) is 29.4. The number of rotatable bonds is 4. The van der Waals surface area contributed by atoms with E-state index in [1.807, 2.05) is 0 Å².